The molecular formula is C22H29N2+. The highest BCUT2D eigenvalue weighted by molar-refractivity contribution is 5.46. The number of hydrogen-bond acceptors (Lipinski definition) is 1. The van der Waals surface area contributed by atoms with E-state index in [1.54, 1.807) is 5.56 Å². The van der Waals surface area contributed by atoms with Crippen LogP contribution in [-0.4, -0.2) is 32.2 Å². The standard InChI is InChI=1S/C22H28N2/c1-3-7-19(8-4-1)20-11-13-22(14-12-20)24-17-15-23(16-18-24)21-9-5-2-6-10-21/h1-10,20,22H,11-18H2/p+1. The predicted molar refractivity (Wildman–Crippen MR) is 101 cm³/mol. The molecule has 126 valence electrons. The maximum Gasteiger partial charge on any atom is 0.0951 e. The van der Waals surface area contributed by atoms with Crippen LogP contribution in [-0.2, 0) is 0 Å². The van der Waals surface area contributed by atoms with Crippen molar-refractivity contribution in [2.75, 3.05) is 31.1 Å². The zero-order valence-corrected chi connectivity index (χ0v) is 14.5. The molecule has 2 fully saturated rings. The van der Waals surface area contributed by atoms with Gasteiger partial charge in [-0.2, -0.15) is 0 Å². The first-order chi connectivity index (χ1) is 11.9. The summed E-state index contributed by atoms with van der Waals surface area (Å²) in [6.07, 6.45) is 5.56. The van der Waals surface area contributed by atoms with E-state index in [9.17, 15) is 0 Å². The molecule has 1 aliphatic carbocycles. The molecule has 24 heavy (non-hydrogen) atoms. The molecule has 0 spiro atoms. The first kappa shape index (κ1) is 15.7. The normalized spacial score (nSPS) is 25.6. The van der Waals surface area contributed by atoms with Gasteiger partial charge in [-0.1, -0.05) is 48.5 Å². The molecule has 2 nitrogen and oxygen atoms in total. The van der Waals surface area contributed by atoms with Gasteiger partial charge in [-0.15, -0.1) is 0 Å². The Morgan fingerprint density at radius 1 is 0.708 bits per heavy atom. The van der Waals surface area contributed by atoms with Crippen LogP contribution >= 0.6 is 0 Å². The molecule has 2 aliphatic rings. The summed E-state index contributed by atoms with van der Waals surface area (Å²) in [6, 6.07) is 22.9. The second-order valence-electron chi connectivity index (χ2n) is 7.44. The Balaban J connectivity index is 1.28. The monoisotopic (exact) mass is 321 g/mol. The molecule has 1 N–H and O–H groups in total. The molecule has 1 heterocycles. The lowest BCUT2D eigenvalue weighted by atomic mass is 9.81. The predicted octanol–water partition coefficient (Wildman–Crippen LogP) is 3.12. The molecule has 1 saturated heterocycles. The largest absolute Gasteiger partial charge is 0.360 e. The van der Waals surface area contributed by atoms with Crippen LogP contribution in [0.2, 0.25) is 0 Å². The van der Waals surface area contributed by atoms with Gasteiger partial charge in [0, 0.05) is 5.69 Å². The number of nitrogens with one attached hydrogen (secondary N) is 1. The Labute approximate surface area is 146 Å². The van der Waals surface area contributed by atoms with E-state index in [-0.39, 0.29) is 0 Å². The average molecular weight is 321 g/mol. The third-order valence-corrected chi connectivity index (χ3v) is 6.10. The topological polar surface area (TPSA) is 7.68 Å². The minimum absolute atomic E-state index is 0.799. The van der Waals surface area contributed by atoms with Gasteiger partial charge in [-0.05, 0) is 49.3 Å². The lowest BCUT2D eigenvalue weighted by Crippen LogP contribution is -3.18. The summed E-state index contributed by atoms with van der Waals surface area (Å²) in [5.74, 6) is 0.799. The minimum Gasteiger partial charge on any atom is -0.360 e. The first-order valence-corrected chi connectivity index (χ1v) is 9.59. The zero-order chi connectivity index (χ0) is 16.2. The van der Waals surface area contributed by atoms with E-state index >= 15 is 0 Å². The van der Waals surface area contributed by atoms with Gasteiger partial charge in [-0.3, -0.25) is 0 Å². The quantitative estimate of drug-likeness (QED) is 0.913. The van der Waals surface area contributed by atoms with E-state index in [2.05, 4.69) is 65.6 Å². The molecule has 2 heteroatoms. The highest BCUT2D eigenvalue weighted by Gasteiger charge is 2.31. The van der Waals surface area contributed by atoms with Crippen molar-refractivity contribution < 1.29 is 4.90 Å². The van der Waals surface area contributed by atoms with E-state index < -0.39 is 0 Å². The van der Waals surface area contributed by atoms with Crippen molar-refractivity contribution in [2.45, 2.75) is 37.6 Å². The summed E-state index contributed by atoms with van der Waals surface area (Å²) < 4.78 is 0. The Morgan fingerprint density at radius 2 is 1.29 bits per heavy atom. The van der Waals surface area contributed by atoms with E-state index in [4.69, 9.17) is 0 Å². The third-order valence-electron chi connectivity index (χ3n) is 6.10. The maximum atomic E-state index is 2.55. The molecule has 4 rings (SSSR count). The number of para-hydroxylation sites is 1. The molecule has 0 bridgehead atoms. The van der Waals surface area contributed by atoms with Crippen molar-refractivity contribution in [3.8, 4) is 0 Å². The van der Waals surface area contributed by atoms with Crippen LogP contribution in [0, 0.1) is 0 Å². The summed E-state index contributed by atoms with van der Waals surface area (Å²) >= 11 is 0. The van der Waals surface area contributed by atoms with Crippen molar-refractivity contribution >= 4 is 5.69 Å². The number of rotatable bonds is 3. The van der Waals surface area contributed by atoms with Crippen molar-refractivity contribution in [2.24, 2.45) is 0 Å². The van der Waals surface area contributed by atoms with Gasteiger partial charge in [0.1, 0.15) is 0 Å². The van der Waals surface area contributed by atoms with E-state index in [0.29, 0.717) is 0 Å². The van der Waals surface area contributed by atoms with Gasteiger partial charge >= 0.3 is 0 Å². The maximum absolute atomic E-state index is 2.55. The molecule has 0 radical (unpaired) electrons. The number of hydrogen-bond donors (Lipinski definition) is 1. The van der Waals surface area contributed by atoms with Gasteiger partial charge in [0.25, 0.3) is 0 Å². The summed E-state index contributed by atoms with van der Waals surface area (Å²) in [5.41, 5.74) is 2.95. The van der Waals surface area contributed by atoms with Crippen LogP contribution in [0.25, 0.3) is 0 Å². The van der Waals surface area contributed by atoms with Crippen LogP contribution in [0.4, 0.5) is 5.69 Å². The van der Waals surface area contributed by atoms with Crippen LogP contribution in [0.5, 0.6) is 0 Å². The average Bonchev–Trinajstić information content (AvgIpc) is 2.70. The van der Waals surface area contributed by atoms with Gasteiger partial charge in [-0.25, -0.2) is 0 Å². The summed E-state index contributed by atoms with van der Waals surface area (Å²) in [7, 11) is 0. The molecule has 1 aliphatic heterocycles. The Hall–Kier alpha value is -1.80. The number of anilines is 1. The van der Waals surface area contributed by atoms with Gasteiger partial charge in [0.15, 0.2) is 0 Å². The van der Waals surface area contributed by atoms with Crippen LogP contribution < -0.4 is 9.80 Å². The number of piperazine rings is 1. The van der Waals surface area contributed by atoms with Crippen LogP contribution in [0.1, 0.15) is 37.2 Å². The number of benzene rings is 2. The molecule has 0 amide bonds. The first-order valence-electron chi connectivity index (χ1n) is 9.59. The second-order valence-corrected chi connectivity index (χ2v) is 7.44. The Kier molecular flexibility index (Phi) is 4.84. The van der Waals surface area contributed by atoms with Gasteiger partial charge < -0.3 is 9.80 Å². The van der Waals surface area contributed by atoms with Crippen LogP contribution in [0.3, 0.4) is 0 Å². The molecule has 1 saturated carbocycles. The Morgan fingerprint density at radius 3 is 1.92 bits per heavy atom. The van der Waals surface area contributed by atoms with E-state index in [0.717, 1.165) is 12.0 Å². The second kappa shape index (κ2) is 7.40. The van der Waals surface area contributed by atoms with E-state index in [1.165, 1.54) is 57.5 Å². The SMILES string of the molecule is c1ccc(C2CCC([NH+]3CCN(c4ccccc4)CC3)CC2)cc1. The van der Waals surface area contributed by atoms with Crippen molar-refractivity contribution in [3.05, 3.63) is 66.2 Å². The van der Waals surface area contributed by atoms with E-state index in [1.807, 2.05) is 4.90 Å². The van der Waals surface area contributed by atoms with Crippen molar-refractivity contribution in [3.63, 3.8) is 0 Å². The van der Waals surface area contributed by atoms with Gasteiger partial charge in [0.2, 0.25) is 0 Å². The lowest BCUT2D eigenvalue weighted by molar-refractivity contribution is -0.927. The summed E-state index contributed by atoms with van der Waals surface area (Å²) in [6.45, 7) is 5.01. The molecule has 0 atom stereocenters. The molecule has 2 aromatic rings. The number of quaternary nitrogens is 1. The van der Waals surface area contributed by atoms with Crippen LogP contribution in [0.15, 0.2) is 60.7 Å². The smallest absolute Gasteiger partial charge is 0.0951 e. The van der Waals surface area contributed by atoms with Crippen molar-refractivity contribution in [1.29, 1.82) is 0 Å². The number of nitrogens with zero attached hydrogens (tertiary/aromatic N) is 1. The third kappa shape index (κ3) is 3.49. The fourth-order valence-electron chi connectivity index (χ4n) is 4.66. The lowest BCUT2D eigenvalue weighted by Gasteiger charge is -2.40. The fraction of sp³-hybridized carbons (Fsp3) is 0.455. The summed E-state index contributed by atoms with van der Waals surface area (Å²) in [5, 5.41) is 0. The molecular weight excluding hydrogens is 292 g/mol. The Bertz CT molecular complexity index is 551. The van der Waals surface area contributed by atoms with Gasteiger partial charge in [0.05, 0.1) is 32.2 Å². The molecule has 0 aromatic heterocycles. The summed E-state index contributed by atoms with van der Waals surface area (Å²) in [4.78, 5) is 4.41. The minimum atomic E-state index is 0.799. The highest BCUT2D eigenvalue weighted by Crippen LogP contribution is 2.32. The highest BCUT2D eigenvalue weighted by atomic mass is 15.3. The fourth-order valence-corrected chi connectivity index (χ4v) is 4.66. The molecule has 0 unspecified atom stereocenters. The molecule has 2 aromatic carbocycles. The zero-order valence-electron chi connectivity index (χ0n) is 14.5. The van der Waals surface area contributed by atoms with Crippen molar-refractivity contribution in [1.82, 2.24) is 0 Å².